The summed E-state index contributed by atoms with van der Waals surface area (Å²) >= 11 is 0. The number of nitrogens with zero attached hydrogens (tertiary/aromatic N) is 2. The van der Waals surface area contributed by atoms with Gasteiger partial charge in [0.1, 0.15) is 11.4 Å². The van der Waals surface area contributed by atoms with Crippen LogP contribution in [0, 0.1) is 0 Å². The van der Waals surface area contributed by atoms with Crippen LogP contribution >= 0.6 is 0 Å². The van der Waals surface area contributed by atoms with Crippen molar-refractivity contribution >= 4 is 28.7 Å². The molecule has 3 rings (SSSR count). The van der Waals surface area contributed by atoms with Crippen molar-refractivity contribution < 1.29 is 36.8 Å². The van der Waals surface area contributed by atoms with Gasteiger partial charge in [0.15, 0.2) is 5.78 Å². The minimum absolute atomic E-state index is 0.0109. The number of pyridine rings is 1. The zero-order valence-electron chi connectivity index (χ0n) is 29.8. The quantitative estimate of drug-likeness (QED) is 0.123. The first kappa shape index (κ1) is 40.9. The molecule has 0 bridgehead atoms. The van der Waals surface area contributed by atoms with Crippen LogP contribution in [0.3, 0.4) is 0 Å². The van der Waals surface area contributed by atoms with Gasteiger partial charge in [-0.2, -0.15) is 13.2 Å². The van der Waals surface area contributed by atoms with Crippen molar-refractivity contribution in [1.82, 2.24) is 20.9 Å². The van der Waals surface area contributed by atoms with E-state index < -0.39 is 41.4 Å². The molecule has 0 saturated heterocycles. The second-order valence-corrected chi connectivity index (χ2v) is 14.0. The van der Waals surface area contributed by atoms with Crippen molar-refractivity contribution in [3.05, 3.63) is 89.9 Å². The number of carbonyl (C=O) groups is 3. The van der Waals surface area contributed by atoms with Gasteiger partial charge < -0.3 is 31.3 Å². The number of fused-ring (bicyclic) bond motifs is 1. The molecule has 0 spiro atoms. The number of benzene rings is 2. The third-order valence-corrected chi connectivity index (χ3v) is 8.31. The van der Waals surface area contributed by atoms with Crippen molar-refractivity contribution in [2.45, 2.75) is 70.3 Å². The minimum atomic E-state index is -4.50. The van der Waals surface area contributed by atoms with Crippen molar-refractivity contribution in [3.63, 3.8) is 0 Å². The number of hydrogen-bond acceptors (Lipinski definition) is 8. The zero-order chi connectivity index (χ0) is 37.8. The van der Waals surface area contributed by atoms with E-state index in [1.54, 1.807) is 27.0 Å². The lowest BCUT2D eigenvalue weighted by Gasteiger charge is -2.35. The highest BCUT2D eigenvalue weighted by atomic mass is 19.4. The molecule has 11 nitrogen and oxygen atoms in total. The maximum Gasteiger partial charge on any atom is 0.416 e. The Balaban J connectivity index is 1.61. The van der Waals surface area contributed by atoms with Gasteiger partial charge in [-0.05, 0) is 75.4 Å². The average Bonchev–Trinajstić information content (AvgIpc) is 3.03. The van der Waals surface area contributed by atoms with E-state index >= 15 is 0 Å². The fraction of sp³-hybridized carbons (Fsp3) is 0.459. The molecule has 0 aliphatic heterocycles. The van der Waals surface area contributed by atoms with E-state index in [0.29, 0.717) is 67.0 Å². The van der Waals surface area contributed by atoms with Gasteiger partial charge in [0.25, 0.3) is 0 Å². The van der Waals surface area contributed by atoms with Crippen LogP contribution < -0.4 is 27.4 Å². The molecule has 7 N–H and O–H groups in total. The van der Waals surface area contributed by atoms with Crippen molar-refractivity contribution in [1.29, 1.82) is 0 Å². The number of likely N-dealkylation sites (N-methyl/N-ethyl adjacent to an activating group) is 1. The third kappa shape index (κ3) is 14.0. The van der Waals surface area contributed by atoms with Crippen LogP contribution in [-0.2, 0) is 33.3 Å². The van der Waals surface area contributed by atoms with E-state index in [4.69, 9.17) is 16.2 Å². The summed E-state index contributed by atoms with van der Waals surface area (Å²) in [7, 11) is 2.03. The lowest BCUT2D eigenvalue weighted by Crippen LogP contribution is -2.52. The van der Waals surface area contributed by atoms with Crippen LogP contribution in [0.5, 0.6) is 0 Å². The molecule has 1 aromatic heterocycles. The average molecular weight is 715 g/mol. The maximum atomic E-state index is 13.6. The highest BCUT2D eigenvalue weighted by Crippen LogP contribution is 2.29. The SMILES string of the molecule is C=C(NCC[N+](C)(CCN)CCC[C@H](N)C(=O)N[C@@H](Cc1ccc(C(F)(F)F)cc1)C(=O)Cc1cnc2ccccc2c1)NC(=O)OC(C)(C)C. The summed E-state index contributed by atoms with van der Waals surface area (Å²) in [5.74, 6) is -0.550. The number of hydrogen-bond donors (Lipinski definition) is 5. The molecular formula is C37H51F3N7O4+. The number of rotatable bonds is 18. The van der Waals surface area contributed by atoms with Gasteiger partial charge in [0.05, 0.1) is 56.4 Å². The number of amides is 2. The lowest BCUT2D eigenvalue weighted by atomic mass is 9.96. The standard InChI is InChI=1S/C37H50F3N7O4/c1-25(45-35(50)51-36(2,3)4)43-17-20-47(5,19-16-41)18-8-10-30(42)34(49)46-32(22-26-12-14-29(15-13-26)37(38,39)40)33(48)23-27-21-28-9-6-7-11-31(28)44-24-27/h6-7,9,11-15,21,24,30,32,43H,1,8,10,16-20,22-23,41-42H2,2-5H3,(H-,45,46,49,50)/p+1/t30-,32-,47?/m0/s1. The number of alkyl halides is 3. The van der Waals surface area contributed by atoms with Crippen LogP contribution in [0.2, 0.25) is 0 Å². The molecule has 0 aliphatic rings. The Morgan fingerprint density at radius 1 is 1.00 bits per heavy atom. The molecule has 1 heterocycles. The summed E-state index contributed by atoms with van der Waals surface area (Å²) < 4.78 is 45.3. The Morgan fingerprint density at radius 2 is 1.69 bits per heavy atom. The predicted molar refractivity (Wildman–Crippen MR) is 191 cm³/mol. The smallest absolute Gasteiger partial charge is 0.416 e. The Hall–Kier alpha value is -4.53. The zero-order valence-corrected chi connectivity index (χ0v) is 29.8. The summed E-state index contributed by atoms with van der Waals surface area (Å²) in [6.45, 7) is 12.0. The number of nitrogens with one attached hydrogen (secondary N) is 3. The molecular weight excluding hydrogens is 663 g/mol. The molecule has 278 valence electrons. The van der Waals surface area contributed by atoms with Gasteiger partial charge in [-0.25, -0.2) is 4.79 Å². The number of Topliss-reactive ketones (excluding diaryl/α,β-unsaturated/α-hetero) is 1. The first-order valence-corrected chi connectivity index (χ1v) is 16.9. The molecule has 0 aliphatic carbocycles. The fourth-order valence-electron chi connectivity index (χ4n) is 5.55. The maximum absolute atomic E-state index is 13.6. The summed E-state index contributed by atoms with van der Waals surface area (Å²) in [5.41, 5.74) is 12.6. The van der Waals surface area contributed by atoms with E-state index in [1.807, 2.05) is 37.4 Å². The first-order chi connectivity index (χ1) is 23.9. The van der Waals surface area contributed by atoms with E-state index in [1.165, 1.54) is 12.1 Å². The van der Waals surface area contributed by atoms with Gasteiger partial charge >= 0.3 is 12.3 Å². The first-order valence-electron chi connectivity index (χ1n) is 16.9. The third-order valence-electron chi connectivity index (χ3n) is 8.31. The second-order valence-electron chi connectivity index (χ2n) is 14.0. The van der Waals surface area contributed by atoms with Gasteiger partial charge in [-0.1, -0.05) is 36.9 Å². The Bertz CT molecular complexity index is 1640. The molecule has 2 amide bonds. The lowest BCUT2D eigenvalue weighted by molar-refractivity contribution is -0.907. The highest BCUT2D eigenvalue weighted by molar-refractivity contribution is 5.92. The molecule has 1 unspecified atom stereocenters. The number of ketones is 1. The predicted octanol–water partition coefficient (Wildman–Crippen LogP) is 4.19. The number of ether oxygens (including phenoxy) is 1. The number of nitrogens with two attached hydrogens (primary N) is 2. The number of para-hydroxylation sites is 1. The van der Waals surface area contributed by atoms with E-state index in [2.05, 4.69) is 27.5 Å². The molecule has 3 atom stereocenters. The normalized spacial score (nSPS) is 14.2. The van der Waals surface area contributed by atoms with Crippen molar-refractivity contribution in [2.24, 2.45) is 11.5 Å². The van der Waals surface area contributed by atoms with Gasteiger partial charge in [-0.15, -0.1) is 0 Å². The van der Waals surface area contributed by atoms with Crippen LogP contribution in [0.1, 0.15) is 50.3 Å². The van der Waals surface area contributed by atoms with Crippen LogP contribution in [-0.4, -0.2) is 84.7 Å². The van der Waals surface area contributed by atoms with Crippen molar-refractivity contribution in [2.75, 3.05) is 39.8 Å². The topological polar surface area (TPSA) is 161 Å². The Labute approximate surface area is 297 Å². The number of halogens is 3. The number of aromatic nitrogens is 1. The van der Waals surface area contributed by atoms with Crippen LogP contribution in [0.25, 0.3) is 10.9 Å². The number of quaternary nitrogens is 1. The number of carbonyl (C=O) groups excluding carboxylic acids is 3. The summed E-state index contributed by atoms with van der Waals surface area (Å²) in [6, 6.07) is 11.9. The second kappa shape index (κ2) is 18.1. The summed E-state index contributed by atoms with van der Waals surface area (Å²) in [6.07, 6.45) is -2.67. The minimum Gasteiger partial charge on any atom is -0.444 e. The van der Waals surface area contributed by atoms with E-state index in [0.717, 1.165) is 23.0 Å². The monoisotopic (exact) mass is 714 g/mol. The molecule has 51 heavy (non-hydrogen) atoms. The largest absolute Gasteiger partial charge is 0.444 e. The van der Waals surface area contributed by atoms with Gasteiger partial charge in [-0.3, -0.25) is 19.9 Å². The highest BCUT2D eigenvalue weighted by Gasteiger charge is 2.31. The Kier molecular flexibility index (Phi) is 14.5. The molecule has 0 radical (unpaired) electrons. The summed E-state index contributed by atoms with van der Waals surface area (Å²) in [4.78, 5) is 43.3. The van der Waals surface area contributed by atoms with Crippen LogP contribution in [0.4, 0.5) is 18.0 Å². The molecule has 3 aromatic rings. The molecule has 14 heteroatoms. The van der Waals surface area contributed by atoms with Gasteiger partial charge in [0.2, 0.25) is 5.91 Å². The molecule has 2 aromatic carbocycles. The van der Waals surface area contributed by atoms with E-state index in [9.17, 15) is 27.6 Å². The molecule has 0 fully saturated rings. The van der Waals surface area contributed by atoms with Crippen molar-refractivity contribution in [3.8, 4) is 0 Å². The molecule has 0 saturated carbocycles. The Morgan fingerprint density at radius 3 is 2.33 bits per heavy atom. The summed E-state index contributed by atoms with van der Waals surface area (Å²) in [5, 5.41) is 9.26. The van der Waals surface area contributed by atoms with Gasteiger partial charge in [0, 0.05) is 24.5 Å². The number of alkyl carbamates (subject to hydrolysis) is 1. The fourth-order valence-corrected chi connectivity index (χ4v) is 5.55. The van der Waals surface area contributed by atoms with E-state index in [-0.39, 0.29) is 18.6 Å². The van der Waals surface area contributed by atoms with Crippen LogP contribution in [0.15, 0.2) is 73.2 Å².